The summed E-state index contributed by atoms with van der Waals surface area (Å²) < 4.78 is 0. The van der Waals surface area contributed by atoms with Crippen molar-refractivity contribution in [2.24, 2.45) is 0 Å². The molecule has 0 saturated heterocycles. The maximum Gasteiger partial charge on any atom is 0.0521 e. The minimum absolute atomic E-state index is 0.211. The Morgan fingerprint density at radius 3 is 3.07 bits per heavy atom. The molecule has 0 aromatic carbocycles. The fourth-order valence-corrected chi connectivity index (χ4v) is 2.01. The lowest BCUT2D eigenvalue weighted by molar-refractivity contribution is 0.891. The maximum atomic E-state index is 5.99. The van der Waals surface area contributed by atoms with Gasteiger partial charge in [-0.1, -0.05) is 11.6 Å². The van der Waals surface area contributed by atoms with Gasteiger partial charge in [0.2, 0.25) is 0 Å². The predicted octanol–water partition coefficient (Wildman–Crippen LogP) is 2.53. The summed E-state index contributed by atoms with van der Waals surface area (Å²) in [5.74, 6) is 0. The fraction of sp³-hybridized carbons (Fsp3) is 0.364. The summed E-state index contributed by atoms with van der Waals surface area (Å²) in [6, 6.07) is 1.84. The molecule has 1 unspecified atom stereocenters. The number of allylic oxidation sites excluding steroid dienone is 2. The maximum absolute atomic E-state index is 5.99. The van der Waals surface area contributed by atoms with Crippen LogP contribution in [-0.4, -0.2) is 10.4 Å². The van der Waals surface area contributed by atoms with E-state index in [1.807, 2.05) is 12.3 Å². The molecule has 0 saturated carbocycles. The lowest BCUT2D eigenvalue weighted by Crippen LogP contribution is -1.96. The minimum Gasteiger partial charge on any atom is -0.398 e. The van der Waals surface area contributed by atoms with Gasteiger partial charge in [-0.05, 0) is 30.9 Å². The predicted molar refractivity (Wildman–Crippen MR) is 59.3 cm³/mol. The number of alkyl halides is 1. The number of aromatic nitrogens is 1. The molecule has 0 spiro atoms. The van der Waals surface area contributed by atoms with Crippen molar-refractivity contribution in [3.8, 4) is 0 Å². The highest BCUT2D eigenvalue weighted by atomic mass is 35.5. The highest BCUT2D eigenvalue weighted by molar-refractivity contribution is 6.22. The summed E-state index contributed by atoms with van der Waals surface area (Å²) in [5, 5.41) is 0.211. The molecule has 1 aliphatic rings. The zero-order chi connectivity index (χ0) is 9.97. The number of pyridine rings is 1. The zero-order valence-corrected chi connectivity index (χ0v) is 8.67. The van der Waals surface area contributed by atoms with Gasteiger partial charge < -0.3 is 5.73 Å². The fourth-order valence-electron chi connectivity index (χ4n) is 1.72. The molecule has 74 valence electrons. The van der Waals surface area contributed by atoms with Gasteiger partial charge in [0.1, 0.15) is 0 Å². The van der Waals surface area contributed by atoms with Gasteiger partial charge in [0.25, 0.3) is 0 Å². The SMILES string of the molecule is Nc1ccncc1CC1=CC(Cl)CC1. The third-order valence-corrected chi connectivity index (χ3v) is 2.86. The number of nitrogens with two attached hydrogens (primary N) is 1. The van der Waals surface area contributed by atoms with Gasteiger partial charge >= 0.3 is 0 Å². The Bertz CT molecular complexity index is 360. The normalized spacial score (nSPS) is 20.9. The number of rotatable bonds is 2. The van der Waals surface area contributed by atoms with E-state index < -0.39 is 0 Å². The molecule has 3 heteroatoms. The van der Waals surface area contributed by atoms with Crippen LogP contribution < -0.4 is 5.73 Å². The first-order valence-corrected chi connectivity index (χ1v) is 5.21. The van der Waals surface area contributed by atoms with Crippen LogP contribution in [0.3, 0.4) is 0 Å². The van der Waals surface area contributed by atoms with Crippen LogP contribution in [0.1, 0.15) is 18.4 Å². The molecular weight excluding hydrogens is 196 g/mol. The lowest BCUT2D eigenvalue weighted by Gasteiger charge is -2.04. The Kier molecular flexibility index (Phi) is 2.73. The van der Waals surface area contributed by atoms with Gasteiger partial charge in [-0.2, -0.15) is 0 Å². The molecule has 1 aromatic heterocycles. The molecular formula is C11H13ClN2. The highest BCUT2D eigenvalue weighted by Gasteiger charge is 2.13. The van der Waals surface area contributed by atoms with Crippen LogP contribution in [0.25, 0.3) is 0 Å². The first-order chi connectivity index (χ1) is 6.75. The molecule has 1 aliphatic carbocycles. The van der Waals surface area contributed by atoms with E-state index in [4.69, 9.17) is 17.3 Å². The van der Waals surface area contributed by atoms with Gasteiger partial charge in [-0.3, -0.25) is 4.98 Å². The molecule has 2 nitrogen and oxygen atoms in total. The van der Waals surface area contributed by atoms with Crippen LogP contribution in [0, 0.1) is 0 Å². The first-order valence-electron chi connectivity index (χ1n) is 4.77. The molecule has 2 N–H and O–H groups in total. The average molecular weight is 209 g/mol. The molecule has 0 fully saturated rings. The van der Waals surface area contributed by atoms with Gasteiger partial charge in [0, 0.05) is 18.1 Å². The van der Waals surface area contributed by atoms with E-state index in [2.05, 4.69) is 11.1 Å². The molecule has 0 aliphatic heterocycles. The van der Waals surface area contributed by atoms with Crippen molar-refractivity contribution in [2.75, 3.05) is 5.73 Å². The second kappa shape index (κ2) is 4.01. The molecule has 0 bridgehead atoms. The number of nitrogens with zero attached hydrogens (tertiary/aromatic N) is 1. The van der Waals surface area contributed by atoms with Crippen LogP contribution in [0.2, 0.25) is 0 Å². The van der Waals surface area contributed by atoms with Gasteiger partial charge in [-0.25, -0.2) is 0 Å². The van der Waals surface area contributed by atoms with E-state index in [0.29, 0.717) is 0 Å². The lowest BCUT2D eigenvalue weighted by atomic mass is 10.1. The molecule has 0 radical (unpaired) electrons. The van der Waals surface area contributed by atoms with E-state index in [-0.39, 0.29) is 5.38 Å². The second-order valence-corrected chi connectivity index (χ2v) is 4.19. The summed E-state index contributed by atoms with van der Waals surface area (Å²) in [7, 11) is 0. The molecule has 1 aromatic rings. The van der Waals surface area contributed by atoms with Crippen molar-refractivity contribution in [1.82, 2.24) is 4.98 Å². The van der Waals surface area contributed by atoms with E-state index in [0.717, 1.165) is 30.5 Å². The van der Waals surface area contributed by atoms with Crippen LogP contribution in [0.5, 0.6) is 0 Å². The summed E-state index contributed by atoms with van der Waals surface area (Å²) in [6.45, 7) is 0. The molecule has 0 amide bonds. The number of halogens is 1. The summed E-state index contributed by atoms with van der Waals surface area (Å²) in [6.07, 6.45) is 8.71. The minimum atomic E-state index is 0.211. The van der Waals surface area contributed by atoms with E-state index in [1.54, 1.807) is 6.20 Å². The van der Waals surface area contributed by atoms with E-state index in [9.17, 15) is 0 Å². The van der Waals surface area contributed by atoms with Crippen molar-refractivity contribution in [2.45, 2.75) is 24.6 Å². The Hall–Kier alpha value is -1.02. The smallest absolute Gasteiger partial charge is 0.0521 e. The Morgan fingerprint density at radius 2 is 2.43 bits per heavy atom. The number of nitrogen functional groups attached to an aromatic ring is 1. The number of hydrogen-bond donors (Lipinski definition) is 1. The Morgan fingerprint density at radius 1 is 1.57 bits per heavy atom. The van der Waals surface area contributed by atoms with Crippen LogP contribution in [-0.2, 0) is 6.42 Å². The summed E-state index contributed by atoms with van der Waals surface area (Å²) in [4.78, 5) is 4.07. The Balaban J connectivity index is 2.12. The largest absolute Gasteiger partial charge is 0.398 e. The monoisotopic (exact) mass is 208 g/mol. The molecule has 14 heavy (non-hydrogen) atoms. The molecule has 2 rings (SSSR count). The van der Waals surface area contributed by atoms with Crippen LogP contribution in [0.15, 0.2) is 30.1 Å². The van der Waals surface area contributed by atoms with Crippen molar-refractivity contribution in [1.29, 1.82) is 0 Å². The highest BCUT2D eigenvalue weighted by Crippen LogP contribution is 2.26. The number of anilines is 1. The van der Waals surface area contributed by atoms with Crippen molar-refractivity contribution >= 4 is 17.3 Å². The third-order valence-electron chi connectivity index (χ3n) is 2.52. The van der Waals surface area contributed by atoms with Gasteiger partial charge in [0.15, 0.2) is 0 Å². The van der Waals surface area contributed by atoms with E-state index >= 15 is 0 Å². The van der Waals surface area contributed by atoms with Gasteiger partial charge in [-0.15, -0.1) is 11.6 Å². The third kappa shape index (κ3) is 2.07. The molecule has 1 heterocycles. The van der Waals surface area contributed by atoms with Crippen LogP contribution in [0.4, 0.5) is 5.69 Å². The number of hydrogen-bond acceptors (Lipinski definition) is 2. The summed E-state index contributed by atoms with van der Waals surface area (Å²) >= 11 is 5.99. The van der Waals surface area contributed by atoms with E-state index in [1.165, 1.54) is 5.57 Å². The van der Waals surface area contributed by atoms with Crippen molar-refractivity contribution in [3.63, 3.8) is 0 Å². The first kappa shape index (κ1) is 9.53. The average Bonchev–Trinajstić information content (AvgIpc) is 2.56. The standard InChI is InChI=1S/C11H13ClN2/c12-10-2-1-8(6-10)5-9-7-14-4-3-11(9)13/h3-4,6-7,10H,1-2,5H2,(H2,13,14). The Labute approximate surface area is 88.8 Å². The second-order valence-electron chi connectivity index (χ2n) is 3.63. The zero-order valence-electron chi connectivity index (χ0n) is 7.91. The summed E-state index contributed by atoms with van der Waals surface area (Å²) in [5.41, 5.74) is 9.13. The topological polar surface area (TPSA) is 38.9 Å². The molecule has 1 atom stereocenters. The van der Waals surface area contributed by atoms with Crippen molar-refractivity contribution < 1.29 is 0 Å². The quantitative estimate of drug-likeness (QED) is 0.599. The van der Waals surface area contributed by atoms with Crippen LogP contribution >= 0.6 is 11.6 Å². The van der Waals surface area contributed by atoms with Gasteiger partial charge in [0.05, 0.1) is 5.38 Å². The van der Waals surface area contributed by atoms with Crippen molar-refractivity contribution in [3.05, 3.63) is 35.7 Å².